The summed E-state index contributed by atoms with van der Waals surface area (Å²) < 4.78 is 22.1. The molecule has 0 fully saturated rings. The molecule has 27 heavy (non-hydrogen) atoms. The summed E-state index contributed by atoms with van der Waals surface area (Å²) in [6.07, 6.45) is 1.76. The van der Waals surface area contributed by atoms with Crippen LogP contribution in [0.4, 0.5) is 4.39 Å². The number of hydrogen-bond acceptors (Lipinski definition) is 1. The highest BCUT2D eigenvalue weighted by Crippen LogP contribution is 2.29. The number of pyridine rings is 1. The van der Waals surface area contributed by atoms with E-state index in [0.717, 1.165) is 33.5 Å². The number of nitrogens with zero attached hydrogens (tertiary/aromatic N) is 1. The van der Waals surface area contributed by atoms with Crippen molar-refractivity contribution in [2.75, 3.05) is 0 Å². The largest absolute Gasteiger partial charge is 0.256 e. The lowest BCUT2D eigenvalue weighted by atomic mass is 9.91. The van der Waals surface area contributed by atoms with Crippen molar-refractivity contribution in [3.8, 4) is 22.4 Å². The van der Waals surface area contributed by atoms with E-state index in [1.807, 2.05) is 73.7 Å². The van der Waals surface area contributed by atoms with Crippen molar-refractivity contribution in [3.63, 3.8) is 0 Å². The average Bonchev–Trinajstić information content (AvgIpc) is 2.75. The smallest absolute Gasteiger partial charge is 0.123 e. The van der Waals surface area contributed by atoms with Crippen LogP contribution in [0.1, 0.15) is 25.3 Å². The number of rotatable bonds is 4. The van der Waals surface area contributed by atoms with Crippen LogP contribution in [0.25, 0.3) is 22.4 Å². The molecule has 1 nitrogen and oxygen atoms in total. The monoisotopic (exact) mass is 354 g/mol. The summed E-state index contributed by atoms with van der Waals surface area (Å²) in [5, 5.41) is 0. The van der Waals surface area contributed by atoms with Crippen LogP contribution >= 0.6 is 0 Å². The molecule has 4 rings (SSSR count). The summed E-state index contributed by atoms with van der Waals surface area (Å²) in [4.78, 5) is 4.51. The van der Waals surface area contributed by atoms with Gasteiger partial charge in [0.1, 0.15) is 5.82 Å². The van der Waals surface area contributed by atoms with Gasteiger partial charge in [-0.25, -0.2) is 4.39 Å². The average molecular weight is 354 g/mol. The van der Waals surface area contributed by atoms with Gasteiger partial charge in [0, 0.05) is 19.0 Å². The molecule has 0 amide bonds. The van der Waals surface area contributed by atoms with Gasteiger partial charge < -0.3 is 0 Å². The Hall–Kier alpha value is -3.26. The summed E-state index contributed by atoms with van der Waals surface area (Å²) in [6, 6.07) is 28.2. The molecule has 0 saturated heterocycles. The summed E-state index contributed by atoms with van der Waals surface area (Å²) in [6.45, 7) is 1.91. The first kappa shape index (κ1) is 16.0. The first-order chi connectivity index (χ1) is 13.5. The minimum atomic E-state index is -0.855. The maximum absolute atomic E-state index is 13.2. The molecule has 1 aromatic heterocycles. The molecule has 0 aliphatic rings. The summed E-state index contributed by atoms with van der Waals surface area (Å²) in [7, 11) is 0. The van der Waals surface area contributed by atoms with Gasteiger partial charge in [-0.3, -0.25) is 4.98 Å². The molecule has 0 bridgehead atoms. The molecule has 0 aliphatic heterocycles. The molecule has 0 aliphatic carbocycles. The third-order valence-electron chi connectivity index (χ3n) is 4.74. The van der Waals surface area contributed by atoms with Crippen molar-refractivity contribution < 1.29 is 5.76 Å². The standard InChI is InChI=1S/C25H20FN/c1-18(19-6-3-2-4-7-19)21-8-5-9-23(16-21)25-17-22(14-15-27-25)20-10-12-24(26)13-11-20/h2-18H,1H3/i18D. The Labute approximate surface area is 160 Å². The van der Waals surface area contributed by atoms with E-state index in [2.05, 4.69) is 4.98 Å². The van der Waals surface area contributed by atoms with Gasteiger partial charge in [-0.1, -0.05) is 67.6 Å². The van der Waals surface area contributed by atoms with Gasteiger partial charge in [0.2, 0.25) is 0 Å². The molecule has 0 N–H and O–H groups in total. The van der Waals surface area contributed by atoms with E-state index in [-0.39, 0.29) is 5.82 Å². The second-order valence-corrected chi connectivity index (χ2v) is 6.51. The molecule has 2 heteroatoms. The number of hydrogen-bond donors (Lipinski definition) is 0. The van der Waals surface area contributed by atoms with E-state index in [9.17, 15) is 4.39 Å². The SMILES string of the molecule is [2H]C(C)(c1ccccc1)c1cccc(-c2cc(-c3ccc(F)cc3)ccn2)c1. The molecule has 3 aromatic carbocycles. The van der Waals surface area contributed by atoms with E-state index < -0.39 is 5.89 Å². The zero-order valence-corrected chi connectivity index (χ0v) is 15.1. The molecule has 132 valence electrons. The van der Waals surface area contributed by atoms with Gasteiger partial charge in [0.15, 0.2) is 0 Å². The van der Waals surface area contributed by atoms with E-state index in [1.165, 1.54) is 12.1 Å². The van der Waals surface area contributed by atoms with Crippen LogP contribution in [0.2, 0.25) is 0 Å². The molecule has 1 atom stereocenters. The quantitative estimate of drug-likeness (QED) is 0.397. The predicted octanol–water partition coefficient (Wildman–Crippen LogP) is 6.71. The molecule has 0 saturated carbocycles. The van der Waals surface area contributed by atoms with Crippen molar-refractivity contribution in [3.05, 3.63) is 114 Å². The summed E-state index contributed by atoms with van der Waals surface area (Å²) in [5.74, 6) is -1.10. The van der Waals surface area contributed by atoms with Crippen LogP contribution < -0.4 is 0 Å². The van der Waals surface area contributed by atoms with Crippen molar-refractivity contribution >= 4 is 0 Å². The Morgan fingerprint density at radius 1 is 0.741 bits per heavy atom. The van der Waals surface area contributed by atoms with Gasteiger partial charge in [0.05, 0.1) is 5.69 Å². The van der Waals surface area contributed by atoms with Crippen LogP contribution in [0.3, 0.4) is 0 Å². The van der Waals surface area contributed by atoms with E-state index in [4.69, 9.17) is 1.37 Å². The van der Waals surface area contributed by atoms with E-state index in [1.54, 1.807) is 18.3 Å². The number of aromatic nitrogens is 1. The van der Waals surface area contributed by atoms with Crippen molar-refractivity contribution in [1.82, 2.24) is 4.98 Å². The Kier molecular flexibility index (Phi) is 4.46. The maximum Gasteiger partial charge on any atom is 0.123 e. The normalized spacial score (nSPS) is 13.6. The van der Waals surface area contributed by atoms with Gasteiger partial charge in [-0.15, -0.1) is 0 Å². The fraction of sp³-hybridized carbons (Fsp3) is 0.0800. The lowest BCUT2D eigenvalue weighted by Gasteiger charge is -2.14. The Balaban J connectivity index is 1.72. The molecule has 1 unspecified atom stereocenters. The lowest BCUT2D eigenvalue weighted by molar-refractivity contribution is 0.628. The second-order valence-electron chi connectivity index (χ2n) is 6.51. The van der Waals surface area contributed by atoms with Crippen molar-refractivity contribution in [1.29, 1.82) is 0 Å². The van der Waals surface area contributed by atoms with Crippen LogP contribution in [0.5, 0.6) is 0 Å². The molecular formula is C25H20FN. The molecule has 4 aromatic rings. The summed E-state index contributed by atoms with van der Waals surface area (Å²) >= 11 is 0. The van der Waals surface area contributed by atoms with E-state index >= 15 is 0 Å². The fourth-order valence-electron chi connectivity index (χ4n) is 3.18. The fourth-order valence-corrected chi connectivity index (χ4v) is 3.18. The van der Waals surface area contributed by atoms with Gasteiger partial charge in [-0.2, -0.15) is 0 Å². The molecular weight excluding hydrogens is 333 g/mol. The Bertz CT molecular complexity index is 1090. The lowest BCUT2D eigenvalue weighted by Crippen LogP contribution is -1.96. The third kappa shape index (κ3) is 3.80. The van der Waals surface area contributed by atoms with Crippen LogP contribution in [0.15, 0.2) is 97.2 Å². The minimum Gasteiger partial charge on any atom is -0.256 e. The Morgan fingerprint density at radius 3 is 2.26 bits per heavy atom. The summed E-state index contributed by atoms with van der Waals surface area (Å²) in [5.41, 5.74) is 5.55. The van der Waals surface area contributed by atoms with E-state index in [0.29, 0.717) is 0 Å². The van der Waals surface area contributed by atoms with Gasteiger partial charge in [0.25, 0.3) is 0 Å². The van der Waals surface area contributed by atoms with Gasteiger partial charge in [-0.05, 0) is 52.6 Å². The highest BCUT2D eigenvalue weighted by atomic mass is 19.1. The highest BCUT2D eigenvalue weighted by Gasteiger charge is 2.10. The Morgan fingerprint density at radius 2 is 1.48 bits per heavy atom. The second kappa shape index (κ2) is 7.55. The van der Waals surface area contributed by atoms with Crippen molar-refractivity contribution in [2.24, 2.45) is 0 Å². The van der Waals surface area contributed by atoms with Gasteiger partial charge >= 0.3 is 0 Å². The first-order valence-electron chi connectivity index (χ1n) is 9.42. The topological polar surface area (TPSA) is 12.9 Å². The number of benzene rings is 3. The molecule has 0 radical (unpaired) electrons. The molecule has 0 spiro atoms. The van der Waals surface area contributed by atoms with Crippen LogP contribution in [-0.4, -0.2) is 4.98 Å². The van der Waals surface area contributed by atoms with Crippen molar-refractivity contribution in [2.45, 2.75) is 12.8 Å². The minimum absolute atomic E-state index is 0.249. The zero-order valence-electron chi connectivity index (χ0n) is 16.1. The zero-order chi connectivity index (χ0) is 19.6. The predicted molar refractivity (Wildman–Crippen MR) is 109 cm³/mol. The maximum atomic E-state index is 13.2. The van der Waals surface area contributed by atoms with Crippen LogP contribution in [0, 0.1) is 5.82 Å². The number of halogens is 1. The molecule has 1 heterocycles. The first-order valence-corrected chi connectivity index (χ1v) is 8.92. The highest BCUT2D eigenvalue weighted by molar-refractivity contribution is 5.70. The third-order valence-corrected chi connectivity index (χ3v) is 4.74. The van der Waals surface area contributed by atoms with Crippen LogP contribution in [-0.2, 0) is 0 Å².